The molecule has 0 spiro atoms. The summed E-state index contributed by atoms with van der Waals surface area (Å²) < 4.78 is 3.27. The van der Waals surface area contributed by atoms with Gasteiger partial charge in [0.1, 0.15) is 0 Å². The molecule has 0 aliphatic rings. The van der Waals surface area contributed by atoms with Crippen LogP contribution in [0.5, 0.6) is 0 Å². The van der Waals surface area contributed by atoms with Crippen molar-refractivity contribution in [3.8, 4) is 0 Å². The maximum atomic E-state index is 11.6. The van der Waals surface area contributed by atoms with Gasteiger partial charge in [0.25, 0.3) is 5.97 Å². The van der Waals surface area contributed by atoms with Crippen molar-refractivity contribution < 1.29 is 36.0 Å². The zero-order chi connectivity index (χ0) is 14.0. The van der Waals surface area contributed by atoms with Crippen molar-refractivity contribution in [2.24, 2.45) is 14.1 Å². The number of nitrogens with one attached hydrogen (secondary N) is 1. The van der Waals surface area contributed by atoms with Crippen molar-refractivity contribution in [2.75, 3.05) is 0 Å². The van der Waals surface area contributed by atoms with Crippen LogP contribution in [-0.2, 0) is 45.0 Å². The zero-order valence-corrected chi connectivity index (χ0v) is 15.7. The third-order valence-corrected chi connectivity index (χ3v) is 3.45. The van der Waals surface area contributed by atoms with Gasteiger partial charge in [-0.05, 0) is 0 Å². The monoisotopic (exact) mass is 441 g/mol. The van der Waals surface area contributed by atoms with Crippen molar-refractivity contribution in [2.45, 2.75) is 6.92 Å². The number of carboxylic acid groups (broad SMARTS) is 1. The number of carboxylic acids is 1. The van der Waals surface area contributed by atoms with Crippen LogP contribution in [0.4, 0.5) is 0 Å². The molecule has 0 amide bonds. The van der Waals surface area contributed by atoms with E-state index in [1.807, 2.05) is 0 Å². The van der Waals surface area contributed by atoms with Gasteiger partial charge in [0.2, 0.25) is 0 Å². The van der Waals surface area contributed by atoms with Crippen molar-refractivity contribution in [1.82, 2.24) is 19.1 Å². The fourth-order valence-corrected chi connectivity index (χ4v) is 2.64. The van der Waals surface area contributed by atoms with Crippen LogP contribution in [0.3, 0.4) is 0 Å². The molecular weight excluding hydrogens is 429 g/mol. The Kier molecular flexibility index (Phi) is 4.44. The summed E-state index contributed by atoms with van der Waals surface area (Å²) in [5.41, 5.74) is 0.206. The Morgan fingerprint density at radius 1 is 1.33 bits per heavy atom. The number of nitrogens with zero attached hydrogens (tertiary/aromatic N) is 3. The molecule has 0 radical (unpaired) electrons. The van der Waals surface area contributed by atoms with Gasteiger partial charge in [-0.2, -0.15) is 0 Å². The van der Waals surface area contributed by atoms with Gasteiger partial charge in [0.15, 0.2) is 0 Å². The van der Waals surface area contributed by atoms with E-state index < -0.39 is 5.97 Å². The van der Waals surface area contributed by atoms with E-state index in [-0.39, 0.29) is 11.2 Å². The van der Waals surface area contributed by atoms with Gasteiger partial charge in [-0.25, -0.2) is 0 Å². The number of aromatic nitrogens is 4. The van der Waals surface area contributed by atoms with E-state index in [0.29, 0.717) is 37.3 Å². The number of aliphatic carboxylic acids is 1. The van der Waals surface area contributed by atoms with Gasteiger partial charge in [-0.3, -0.25) is 4.79 Å². The summed E-state index contributed by atoms with van der Waals surface area (Å²) in [7, 11) is 3.07. The Balaban J connectivity index is 0.000000357. The van der Waals surface area contributed by atoms with Crippen LogP contribution < -0.4 is 14.6 Å². The van der Waals surface area contributed by atoms with Crippen molar-refractivity contribution >= 4 is 20.5 Å². The molecule has 9 heteroatoms. The van der Waals surface area contributed by atoms with Gasteiger partial charge < -0.3 is 5.11 Å². The van der Waals surface area contributed by atoms with Crippen LogP contribution in [0, 0.1) is 0 Å². The maximum absolute atomic E-state index is 11.6. The van der Waals surface area contributed by atoms with E-state index in [1.165, 1.54) is 11.6 Å². The fraction of sp³-hybridized carbons (Fsp3) is 0.333. The fourth-order valence-electron chi connectivity index (χ4n) is 1.37. The van der Waals surface area contributed by atoms with E-state index in [0.717, 1.165) is 14.8 Å². The van der Waals surface area contributed by atoms with Crippen LogP contribution in [-0.4, -0.2) is 30.2 Å². The molecule has 0 saturated heterocycles. The number of H-pyrrole nitrogens is 1. The Bertz CT molecular complexity index is 708. The SMILES string of the molecule is CC(=O)O.Cn1c(=O)c2[nH][c]([Hg])nc2n(C)c1=O. The average molecular weight is 440 g/mol. The molecule has 0 atom stereocenters. The second kappa shape index (κ2) is 5.47. The Morgan fingerprint density at radius 3 is 2.33 bits per heavy atom. The van der Waals surface area contributed by atoms with Gasteiger partial charge in [0.05, 0.1) is 0 Å². The van der Waals surface area contributed by atoms with E-state index >= 15 is 0 Å². The summed E-state index contributed by atoms with van der Waals surface area (Å²) in [6.07, 6.45) is 0. The van der Waals surface area contributed by atoms with E-state index in [4.69, 9.17) is 9.90 Å². The molecule has 2 heterocycles. The van der Waals surface area contributed by atoms with E-state index in [9.17, 15) is 9.59 Å². The van der Waals surface area contributed by atoms with Gasteiger partial charge in [-0.15, -0.1) is 0 Å². The third kappa shape index (κ3) is 2.86. The van der Waals surface area contributed by atoms with Crippen LogP contribution in [0.1, 0.15) is 6.92 Å². The molecule has 18 heavy (non-hydrogen) atoms. The summed E-state index contributed by atoms with van der Waals surface area (Å²) >= 11 is 0.317. The van der Waals surface area contributed by atoms with Crippen molar-refractivity contribution in [1.29, 1.82) is 0 Å². The molecule has 0 saturated carbocycles. The first-order valence-electron chi connectivity index (χ1n) is 4.93. The summed E-state index contributed by atoms with van der Waals surface area (Å²) in [4.78, 5) is 39.2. The molecule has 0 aliphatic heterocycles. The predicted octanol–water partition coefficient (Wildman–Crippen LogP) is -1.78. The Labute approximate surface area is 117 Å². The number of aryl methyl sites for hydroxylation is 1. The average Bonchev–Trinajstić information content (AvgIpc) is 2.65. The minimum atomic E-state index is -0.833. The molecule has 2 N–H and O–H groups in total. The summed E-state index contributed by atoms with van der Waals surface area (Å²) in [6.45, 7) is 1.08. The standard InChI is InChI=1S/C7H7N4O2.C2H4O2.Hg/c1-10-5-4(8-3-9-5)6(12)11(2)7(10)13;1-2(3)4;/h1-2H3,(H,8,9);1H3,(H,3,4);. The molecule has 2 rings (SSSR count). The molecule has 0 fully saturated rings. The molecule has 0 aromatic carbocycles. The minimum absolute atomic E-state index is 0.313. The van der Waals surface area contributed by atoms with Crippen molar-refractivity contribution in [3.05, 3.63) is 20.8 Å². The first-order chi connectivity index (χ1) is 8.25. The summed E-state index contributed by atoms with van der Waals surface area (Å²) in [6, 6.07) is 0. The second-order valence-electron chi connectivity index (χ2n) is 3.61. The number of hydrogen-bond acceptors (Lipinski definition) is 4. The van der Waals surface area contributed by atoms with Gasteiger partial charge in [0, 0.05) is 6.92 Å². The quantitative estimate of drug-likeness (QED) is 0.472. The molecule has 2 aromatic rings. The third-order valence-electron chi connectivity index (χ3n) is 2.14. The number of hydrogen-bond donors (Lipinski definition) is 2. The first kappa shape index (κ1) is 14.6. The Morgan fingerprint density at radius 2 is 1.83 bits per heavy atom. The zero-order valence-electron chi connectivity index (χ0n) is 10.2. The molecule has 2 aromatic heterocycles. The van der Waals surface area contributed by atoms with Gasteiger partial charge in [-0.1, -0.05) is 0 Å². The Hall–Kier alpha value is -1.44. The van der Waals surface area contributed by atoms with Gasteiger partial charge >= 0.3 is 94.7 Å². The number of aromatic amines is 1. The number of carbonyl (C=O) groups is 1. The van der Waals surface area contributed by atoms with Crippen LogP contribution in [0.25, 0.3) is 11.2 Å². The molecule has 0 bridgehead atoms. The summed E-state index contributed by atoms with van der Waals surface area (Å²) in [5, 5.41) is 7.42. The molecule has 0 unspecified atom stereocenters. The molecule has 93 valence electrons. The van der Waals surface area contributed by atoms with Crippen LogP contribution >= 0.6 is 0 Å². The summed E-state index contributed by atoms with van der Waals surface area (Å²) in [5.74, 6) is -0.833. The molecule has 0 aliphatic carbocycles. The van der Waals surface area contributed by atoms with E-state index in [1.54, 1.807) is 7.05 Å². The normalized spacial score (nSPS) is 10.1. The predicted molar refractivity (Wildman–Crippen MR) is 59.5 cm³/mol. The topological polar surface area (TPSA) is 110 Å². The van der Waals surface area contributed by atoms with E-state index in [2.05, 4.69) is 9.97 Å². The number of rotatable bonds is 0. The second-order valence-corrected chi connectivity index (χ2v) is 6.21. The van der Waals surface area contributed by atoms with Crippen molar-refractivity contribution in [3.63, 3.8) is 0 Å². The number of fused-ring (bicyclic) bond motifs is 1. The first-order valence-corrected chi connectivity index (χ1v) is 7.67. The molecular formula is C9H11HgN4O4. The van der Waals surface area contributed by atoms with Crippen LogP contribution in [0.2, 0.25) is 0 Å². The number of imidazole rings is 1. The van der Waals surface area contributed by atoms with Crippen LogP contribution in [0.15, 0.2) is 9.59 Å². The molecule has 8 nitrogen and oxygen atoms in total.